The highest BCUT2D eigenvalue weighted by molar-refractivity contribution is 7.44. The lowest BCUT2D eigenvalue weighted by Crippen LogP contribution is -2.36. The van der Waals surface area contributed by atoms with Crippen LogP contribution in [0.4, 0.5) is 11.9 Å². The molecule has 0 aliphatic carbocycles. The molecular formula is C42H67N12O12P2+. The smallest absolute Gasteiger partial charge is 0.394 e. The number of carbonyl (C=O) groups excluding carboxylic acids is 2. The van der Waals surface area contributed by atoms with Crippen molar-refractivity contribution in [2.45, 2.75) is 145 Å². The highest BCUT2D eigenvalue weighted by Gasteiger charge is 2.49. The number of carbonyl (C=O) groups is 2. The molecule has 0 aromatic carbocycles. The Labute approximate surface area is 397 Å². The van der Waals surface area contributed by atoms with Gasteiger partial charge in [0, 0.05) is 40.3 Å². The van der Waals surface area contributed by atoms with Gasteiger partial charge in [-0.15, -0.1) is 9.42 Å². The van der Waals surface area contributed by atoms with E-state index >= 15 is 0 Å². The van der Waals surface area contributed by atoms with Crippen LogP contribution in [0.15, 0.2) is 22.2 Å². The van der Waals surface area contributed by atoms with Gasteiger partial charge in [0.05, 0.1) is 31.5 Å². The van der Waals surface area contributed by atoms with Crippen molar-refractivity contribution in [3.63, 3.8) is 0 Å². The average molecular weight is 994 g/mol. The number of H-pyrrole nitrogens is 2. The molecule has 2 aliphatic heterocycles. The fourth-order valence-electron chi connectivity index (χ4n) is 7.49. The zero-order valence-corrected chi connectivity index (χ0v) is 42.6. The molecule has 10 atom stereocenters. The maximum Gasteiger partial charge on any atom is 0.695 e. The minimum Gasteiger partial charge on any atom is -0.394 e. The van der Waals surface area contributed by atoms with Crippen molar-refractivity contribution < 1.29 is 47.2 Å². The molecule has 2 amide bonds. The SMILES string of the molecule is CC.CC(C)C(=O)Nc1nc2c(ncn2[C@@H]2O[C@H](CO)[C@@H](C)[C@H]2O[P+](=O)O)c(=O)[nH]1.[C-]#[N+]CCOP(O[C@@H]1[C@H](C)[C@@H](CC)O[C@H]1n1cnc2c(=O)[nH]c(NC(=O)C(C)C)nc21)N(C(C)C)C(C)C. The van der Waals surface area contributed by atoms with E-state index in [0.717, 1.165) is 6.42 Å². The van der Waals surface area contributed by atoms with Gasteiger partial charge in [0.1, 0.15) is 12.7 Å². The number of anilines is 2. The molecule has 0 bridgehead atoms. The molecule has 0 spiro atoms. The van der Waals surface area contributed by atoms with E-state index in [9.17, 15) is 33.7 Å². The summed E-state index contributed by atoms with van der Waals surface area (Å²) < 4.78 is 46.7. The third-order valence-electron chi connectivity index (χ3n) is 11.0. The second-order valence-electron chi connectivity index (χ2n) is 17.1. The van der Waals surface area contributed by atoms with Crippen molar-refractivity contribution in [2.75, 3.05) is 30.4 Å². The van der Waals surface area contributed by atoms with Gasteiger partial charge in [0.15, 0.2) is 40.9 Å². The molecule has 26 heteroatoms. The van der Waals surface area contributed by atoms with E-state index in [1.54, 1.807) is 39.2 Å². The number of amides is 2. The summed E-state index contributed by atoms with van der Waals surface area (Å²) in [4.78, 5) is 83.9. The lowest BCUT2D eigenvalue weighted by molar-refractivity contribution is -0.119. The summed E-state index contributed by atoms with van der Waals surface area (Å²) in [5.41, 5.74) is -0.502. The highest BCUT2D eigenvalue weighted by atomic mass is 31.2. The minimum absolute atomic E-state index is 0.000183. The molecule has 2 fully saturated rings. The van der Waals surface area contributed by atoms with Crippen LogP contribution < -0.4 is 21.8 Å². The zero-order valence-electron chi connectivity index (χ0n) is 40.9. The van der Waals surface area contributed by atoms with E-state index in [0.29, 0.717) is 0 Å². The van der Waals surface area contributed by atoms with Crippen LogP contribution in [0.3, 0.4) is 0 Å². The molecule has 4 aromatic heterocycles. The average Bonchev–Trinajstić information content (AvgIpc) is 4.05. The molecule has 2 unspecified atom stereocenters. The Kier molecular flexibility index (Phi) is 20.8. The number of imidazole rings is 2. The number of rotatable bonds is 18. The number of nitrogens with zero attached hydrogens (tertiary/aromatic N) is 8. The lowest BCUT2D eigenvalue weighted by Gasteiger charge is -2.38. The number of fused-ring (bicyclic) bond motifs is 2. The van der Waals surface area contributed by atoms with Gasteiger partial charge in [-0.2, -0.15) is 9.97 Å². The predicted molar refractivity (Wildman–Crippen MR) is 254 cm³/mol. The quantitative estimate of drug-likeness (QED) is 0.0400. The molecule has 68 heavy (non-hydrogen) atoms. The summed E-state index contributed by atoms with van der Waals surface area (Å²) in [6.45, 7) is 32.4. The Morgan fingerprint density at radius 2 is 1.32 bits per heavy atom. The van der Waals surface area contributed by atoms with Crippen LogP contribution in [-0.4, -0.2) is 122 Å². The molecular weight excluding hydrogens is 926 g/mol. The first-order valence-corrected chi connectivity index (χ1v) is 25.0. The third-order valence-corrected chi connectivity index (χ3v) is 13.6. The number of aliphatic hydroxyl groups is 1. The molecule has 0 radical (unpaired) electrons. The molecule has 376 valence electrons. The first kappa shape index (κ1) is 55.9. The number of hydrogen-bond donors (Lipinski definition) is 6. The first-order valence-electron chi connectivity index (χ1n) is 22.7. The molecule has 6 N–H and O–H groups in total. The van der Waals surface area contributed by atoms with E-state index in [-0.39, 0.29) is 102 Å². The topological polar surface area (TPSA) is 297 Å². The zero-order chi connectivity index (χ0) is 50.7. The maximum atomic E-state index is 12.8. The van der Waals surface area contributed by atoms with Crippen LogP contribution in [0.1, 0.15) is 109 Å². The Hall–Kier alpha value is -4.66. The Morgan fingerprint density at radius 1 is 0.868 bits per heavy atom. The highest BCUT2D eigenvalue weighted by Crippen LogP contribution is 2.52. The summed E-state index contributed by atoms with van der Waals surface area (Å²) in [6, 6.07) is 0.294. The molecule has 6 heterocycles. The van der Waals surface area contributed by atoms with Gasteiger partial charge in [-0.3, -0.25) is 48.9 Å². The minimum atomic E-state index is -2.93. The maximum absolute atomic E-state index is 12.8. The van der Waals surface area contributed by atoms with Crippen molar-refractivity contribution in [2.24, 2.45) is 23.7 Å². The summed E-state index contributed by atoms with van der Waals surface area (Å²) in [7, 11) is -4.45. The molecule has 0 saturated carbocycles. The second-order valence-corrected chi connectivity index (χ2v) is 19.2. The molecule has 2 aliphatic rings. The number of ether oxygens (including phenoxy) is 2. The summed E-state index contributed by atoms with van der Waals surface area (Å²) in [5.74, 6) is -1.63. The van der Waals surface area contributed by atoms with Gasteiger partial charge < -0.3 is 28.5 Å². The molecule has 24 nitrogen and oxygen atoms in total. The van der Waals surface area contributed by atoms with Crippen molar-refractivity contribution in [1.29, 1.82) is 0 Å². The van der Waals surface area contributed by atoms with Crippen LogP contribution in [0, 0.1) is 30.2 Å². The van der Waals surface area contributed by atoms with Crippen LogP contribution in [0.5, 0.6) is 0 Å². The van der Waals surface area contributed by atoms with Crippen LogP contribution in [0.25, 0.3) is 27.2 Å². The summed E-state index contributed by atoms with van der Waals surface area (Å²) in [6.07, 6.45) is -0.0756. The van der Waals surface area contributed by atoms with Crippen LogP contribution in [-0.2, 0) is 37.2 Å². The van der Waals surface area contributed by atoms with Gasteiger partial charge in [-0.25, -0.2) is 21.2 Å². The Balaban J connectivity index is 0.000000298. The third kappa shape index (κ3) is 13.1. The second kappa shape index (κ2) is 25.3. The number of aromatic amines is 2. The molecule has 4 aromatic rings. The summed E-state index contributed by atoms with van der Waals surface area (Å²) in [5, 5.41) is 14.7. The van der Waals surface area contributed by atoms with Crippen molar-refractivity contribution in [3.8, 4) is 0 Å². The van der Waals surface area contributed by atoms with E-state index in [4.69, 9.17) is 29.6 Å². The van der Waals surface area contributed by atoms with Gasteiger partial charge in [0.2, 0.25) is 30.3 Å². The standard InChI is InChI=1S/C25H40N7O5P.C15H20N5O7P.C2H6/c1-10-18-17(8)20(37-38(35-12-11-26-9)32(15(4)5)16(6)7)24(36-18)31-13-27-19-21(31)28-25(30-23(19)34)29-22(33)14(2)3;1-6(2)12(22)18-15-17-11-9(13(23)19-15)16-5-20(11)14-10(27-28(24)25)7(3)8(4-21)26-14;1-2/h13-18,20,24H,10-12H2,1-8H3,(H2,28,29,30,33,34);5-8,10,14,21H,4H2,1-3H3,(H2-,17,18,19,22,23,24,25);1-2H3/p+1/t17-,18-,20-,24-,38?;7-,8-,10-,14-;/m11./s1. The largest absolute Gasteiger partial charge is 0.695 e. The monoisotopic (exact) mass is 993 g/mol. The fourth-order valence-corrected chi connectivity index (χ4v) is 9.79. The number of hydrogen-bond acceptors (Lipinski definition) is 16. The number of nitrogens with one attached hydrogen (secondary N) is 4. The Morgan fingerprint density at radius 3 is 1.74 bits per heavy atom. The van der Waals surface area contributed by atoms with E-state index in [2.05, 4.69) is 91.6 Å². The summed E-state index contributed by atoms with van der Waals surface area (Å²) >= 11 is 0. The fraction of sp³-hybridized carbons (Fsp3) is 0.690. The number of aliphatic hydroxyl groups excluding tert-OH is 1. The van der Waals surface area contributed by atoms with Gasteiger partial charge in [0.25, 0.3) is 19.6 Å². The van der Waals surface area contributed by atoms with Crippen molar-refractivity contribution >= 4 is 62.8 Å². The van der Waals surface area contributed by atoms with Crippen molar-refractivity contribution in [3.05, 3.63) is 44.8 Å². The lowest BCUT2D eigenvalue weighted by atomic mass is 9.99. The molecule has 6 rings (SSSR count). The van der Waals surface area contributed by atoms with Gasteiger partial charge in [-0.05, 0) is 34.1 Å². The Bertz CT molecular complexity index is 2480. The predicted octanol–water partition coefficient (Wildman–Crippen LogP) is 5.63. The van der Waals surface area contributed by atoms with Gasteiger partial charge in [-0.1, -0.05) is 62.3 Å². The van der Waals surface area contributed by atoms with Gasteiger partial charge >= 0.3 is 8.25 Å². The van der Waals surface area contributed by atoms with Crippen LogP contribution in [0.2, 0.25) is 0 Å². The van der Waals surface area contributed by atoms with E-state index in [1.165, 1.54) is 17.2 Å². The van der Waals surface area contributed by atoms with E-state index < -0.39 is 64.6 Å². The van der Waals surface area contributed by atoms with Crippen LogP contribution >= 0.6 is 16.8 Å². The first-order chi connectivity index (χ1) is 32.2. The molecule has 2 saturated heterocycles. The van der Waals surface area contributed by atoms with E-state index in [1.807, 2.05) is 13.8 Å². The number of aromatic nitrogens is 8. The van der Waals surface area contributed by atoms with Crippen molar-refractivity contribution in [1.82, 2.24) is 43.7 Å². The normalized spacial score (nSPS) is 23.2.